The highest BCUT2D eigenvalue weighted by Gasteiger charge is 2.21. The van der Waals surface area contributed by atoms with Crippen LogP contribution in [0.5, 0.6) is 0 Å². The predicted octanol–water partition coefficient (Wildman–Crippen LogP) is 4.73. The van der Waals surface area contributed by atoms with Gasteiger partial charge in [-0.25, -0.2) is 0 Å². The number of rotatable bonds is 4. The van der Waals surface area contributed by atoms with E-state index in [4.69, 9.17) is 16.3 Å². The highest BCUT2D eigenvalue weighted by atomic mass is 35.5. The summed E-state index contributed by atoms with van der Waals surface area (Å²) in [4.78, 5) is 8.18. The van der Waals surface area contributed by atoms with Crippen molar-refractivity contribution in [3.8, 4) is 11.1 Å². The largest absolute Gasteiger partial charge is 0.384 e. The molecule has 0 unspecified atom stereocenters. The molecule has 2 aliphatic heterocycles. The van der Waals surface area contributed by atoms with Crippen molar-refractivity contribution in [3.63, 3.8) is 0 Å². The molecule has 0 bridgehead atoms. The summed E-state index contributed by atoms with van der Waals surface area (Å²) < 4.78 is 8.87. The van der Waals surface area contributed by atoms with Crippen LogP contribution in [0.25, 0.3) is 22.0 Å². The van der Waals surface area contributed by atoms with Crippen molar-refractivity contribution in [3.05, 3.63) is 47.6 Å². The van der Waals surface area contributed by atoms with Crippen molar-refractivity contribution in [2.75, 3.05) is 49.4 Å². The number of nitrogens with one attached hydrogen (secondary N) is 2. The van der Waals surface area contributed by atoms with Crippen molar-refractivity contribution >= 4 is 45.8 Å². The van der Waals surface area contributed by atoms with Crippen molar-refractivity contribution in [1.82, 2.24) is 9.88 Å². The number of fused-ring (bicyclic) bond motifs is 5. The monoisotopic (exact) mass is 412 g/mol. The van der Waals surface area contributed by atoms with Gasteiger partial charge in [-0.15, -0.1) is 0 Å². The highest BCUT2D eigenvalue weighted by molar-refractivity contribution is 8.00. The van der Waals surface area contributed by atoms with Crippen LogP contribution in [0, 0.1) is 0 Å². The van der Waals surface area contributed by atoms with Gasteiger partial charge < -0.3 is 14.8 Å². The maximum absolute atomic E-state index is 6.56. The number of hydrogen-bond acceptors (Lipinski definition) is 6. The van der Waals surface area contributed by atoms with Gasteiger partial charge in [0.2, 0.25) is 0 Å². The summed E-state index contributed by atoms with van der Waals surface area (Å²) in [6.45, 7) is 5.64. The summed E-state index contributed by atoms with van der Waals surface area (Å²) in [5.41, 5.74) is 5.35. The maximum Gasteiger partial charge on any atom is 0.0963 e. The first-order chi connectivity index (χ1) is 13.8. The molecule has 5 rings (SSSR count). The quantitative estimate of drug-likeness (QED) is 0.604. The first-order valence-corrected chi connectivity index (χ1v) is 10.7. The smallest absolute Gasteiger partial charge is 0.0963 e. The molecule has 0 aliphatic carbocycles. The van der Waals surface area contributed by atoms with E-state index in [-0.39, 0.29) is 0 Å². The minimum Gasteiger partial charge on any atom is -0.384 e. The zero-order valence-corrected chi connectivity index (χ0v) is 16.9. The number of ether oxygens (including phenoxy) is 1. The van der Waals surface area contributed by atoms with E-state index in [1.165, 1.54) is 10.5 Å². The minimum atomic E-state index is 0.729. The van der Waals surface area contributed by atoms with Crippen LogP contribution in [0.3, 0.4) is 0 Å². The molecule has 2 aliphatic rings. The van der Waals surface area contributed by atoms with Crippen LogP contribution in [0.2, 0.25) is 5.02 Å². The van der Waals surface area contributed by atoms with Crippen molar-refractivity contribution in [1.29, 1.82) is 0 Å². The summed E-state index contributed by atoms with van der Waals surface area (Å²) in [7, 11) is 0. The molecule has 3 aromatic rings. The second-order valence-electron chi connectivity index (χ2n) is 6.98. The van der Waals surface area contributed by atoms with E-state index in [0.29, 0.717) is 0 Å². The summed E-state index contributed by atoms with van der Waals surface area (Å²) >= 11 is 8.19. The Balaban J connectivity index is 1.42. The van der Waals surface area contributed by atoms with Gasteiger partial charge in [0.15, 0.2) is 0 Å². The molecule has 2 N–H and O–H groups in total. The summed E-state index contributed by atoms with van der Waals surface area (Å²) in [6, 6.07) is 12.5. The minimum absolute atomic E-state index is 0.729. The molecule has 7 heteroatoms. The lowest BCUT2D eigenvalue weighted by Crippen LogP contribution is -2.39. The fourth-order valence-electron chi connectivity index (χ4n) is 3.75. The van der Waals surface area contributed by atoms with Crippen LogP contribution < -0.4 is 10.0 Å². The summed E-state index contributed by atoms with van der Waals surface area (Å²) in [5, 5.41) is 5.26. The maximum atomic E-state index is 6.56. The molecule has 2 aromatic carbocycles. The van der Waals surface area contributed by atoms with Crippen LogP contribution in [-0.4, -0.2) is 49.3 Å². The molecule has 144 valence electrons. The number of hydrogen-bond donors (Lipinski definition) is 2. The molecule has 0 saturated carbocycles. The van der Waals surface area contributed by atoms with E-state index in [1.807, 2.05) is 24.4 Å². The Kier molecular flexibility index (Phi) is 5.03. The van der Waals surface area contributed by atoms with E-state index in [1.54, 1.807) is 11.9 Å². The van der Waals surface area contributed by atoms with Gasteiger partial charge in [-0.1, -0.05) is 11.6 Å². The predicted molar refractivity (Wildman–Crippen MR) is 117 cm³/mol. The molecule has 1 saturated heterocycles. The number of pyridine rings is 1. The normalized spacial score (nSPS) is 16.3. The Hall–Kier alpha value is -1.99. The lowest BCUT2D eigenvalue weighted by Gasteiger charge is -2.27. The Morgan fingerprint density at radius 1 is 1.18 bits per heavy atom. The lowest BCUT2D eigenvalue weighted by molar-refractivity contribution is 0.0398. The molecule has 3 heterocycles. The van der Waals surface area contributed by atoms with Gasteiger partial charge in [-0.05, 0) is 48.3 Å². The van der Waals surface area contributed by atoms with Gasteiger partial charge in [0, 0.05) is 59.5 Å². The fourth-order valence-corrected chi connectivity index (χ4v) is 4.84. The standard InChI is InChI=1S/C21H21ClN4OS/c22-18-13-17-16-12-14(23-6-7-26-8-10-27-11-9-26)3-4-19(16)28-25-21(17)20-15(18)2-1-5-24-20/h1-5,12-13,23,25H,6-11H2. The van der Waals surface area contributed by atoms with Crippen molar-refractivity contribution in [2.45, 2.75) is 4.90 Å². The number of anilines is 2. The van der Waals surface area contributed by atoms with Crippen LogP contribution in [0.15, 0.2) is 47.5 Å². The van der Waals surface area contributed by atoms with E-state index >= 15 is 0 Å². The van der Waals surface area contributed by atoms with Gasteiger partial charge in [-0.2, -0.15) is 0 Å². The van der Waals surface area contributed by atoms with Crippen LogP contribution in [0.4, 0.5) is 11.4 Å². The summed E-state index contributed by atoms with van der Waals surface area (Å²) in [6.07, 6.45) is 1.81. The molecule has 0 atom stereocenters. The first-order valence-electron chi connectivity index (χ1n) is 9.48. The first kappa shape index (κ1) is 18.1. The molecule has 0 radical (unpaired) electrons. The molecule has 0 amide bonds. The van der Waals surface area contributed by atoms with Crippen molar-refractivity contribution < 1.29 is 4.74 Å². The van der Waals surface area contributed by atoms with E-state index in [9.17, 15) is 0 Å². The fraction of sp³-hybridized carbons (Fsp3) is 0.286. The SMILES string of the molecule is Clc1cc2c(c3ncccc13)NSc1ccc(NCCN3CCOCC3)cc1-2. The number of nitrogens with zero attached hydrogens (tertiary/aromatic N) is 2. The average molecular weight is 413 g/mol. The number of morpholine rings is 1. The zero-order valence-electron chi connectivity index (χ0n) is 15.4. The Bertz CT molecular complexity index is 1020. The van der Waals surface area contributed by atoms with E-state index < -0.39 is 0 Å². The lowest BCUT2D eigenvalue weighted by atomic mass is 10.00. The van der Waals surface area contributed by atoms with Gasteiger partial charge >= 0.3 is 0 Å². The second kappa shape index (κ2) is 7.79. The van der Waals surface area contributed by atoms with E-state index in [2.05, 4.69) is 38.1 Å². The van der Waals surface area contributed by atoms with Crippen LogP contribution in [0.1, 0.15) is 0 Å². The van der Waals surface area contributed by atoms with Gasteiger partial charge in [0.05, 0.1) is 29.4 Å². The number of aromatic nitrogens is 1. The second-order valence-corrected chi connectivity index (χ2v) is 8.23. The average Bonchev–Trinajstić information content (AvgIpc) is 2.75. The summed E-state index contributed by atoms with van der Waals surface area (Å²) in [5.74, 6) is 0. The van der Waals surface area contributed by atoms with Crippen molar-refractivity contribution in [2.24, 2.45) is 0 Å². The molecule has 1 fully saturated rings. The van der Waals surface area contributed by atoms with Gasteiger partial charge in [0.1, 0.15) is 0 Å². The topological polar surface area (TPSA) is 49.4 Å². The number of halogens is 1. The Labute approximate surface area is 173 Å². The molecule has 28 heavy (non-hydrogen) atoms. The Morgan fingerprint density at radius 3 is 2.96 bits per heavy atom. The molecule has 0 spiro atoms. The molecule has 5 nitrogen and oxygen atoms in total. The third-order valence-electron chi connectivity index (χ3n) is 5.24. The van der Waals surface area contributed by atoms with Gasteiger partial charge in [-0.3, -0.25) is 9.88 Å². The third-order valence-corrected chi connectivity index (χ3v) is 6.43. The molecular weight excluding hydrogens is 392 g/mol. The molecular formula is C21H21ClN4OS. The van der Waals surface area contributed by atoms with Crippen LogP contribution in [-0.2, 0) is 4.74 Å². The van der Waals surface area contributed by atoms with E-state index in [0.717, 1.165) is 72.3 Å². The zero-order chi connectivity index (χ0) is 18.9. The third kappa shape index (κ3) is 3.42. The van der Waals surface area contributed by atoms with Crippen LogP contribution >= 0.6 is 23.5 Å². The molecule has 1 aromatic heterocycles. The Morgan fingerprint density at radius 2 is 2.07 bits per heavy atom. The number of benzene rings is 2. The highest BCUT2D eigenvalue weighted by Crippen LogP contribution is 2.47. The van der Waals surface area contributed by atoms with Gasteiger partial charge in [0.25, 0.3) is 0 Å².